The van der Waals surface area contributed by atoms with Crippen molar-refractivity contribution < 1.29 is 8.78 Å². The summed E-state index contributed by atoms with van der Waals surface area (Å²) in [6.07, 6.45) is 1.14. The van der Waals surface area contributed by atoms with E-state index in [1.54, 1.807) is 13.0 Å². The van der Waals surface area contributed by atoms with Crippen LogP contribution in [0.2, 0.25) is 0 Å². The fourth-order valence-electron chi connectivity index (χ4n) is 2.78. The predicted octanol–water partition coefficient (Wildman–Crippen LogP) is 4.27. The lowest BCUT2D eigenvalue weighted by atomic mass is 9.93. The zero-order valence-corrected chi connectivity index (χ0v) is 12.0. The minimum Gasteiger partial charge on any atom is -0.299 e. The molecule has 1 aliphatic rings. The second kappa shape index (κ2) is 5.58. The van der Waals surface area contributed by atoms with E-state index in [0.717, 1.165) is 30.8 Å². The molecule has 106 valence electrons. The molecule has 1 fully saturated rings. The SMILES string of the molecule is CC(C)c1c(F)cccc1CN1CCC(C)(F)CC1. The molecular formula is C16H23F2N. The van der Waals surface area contributed by atoms with Gasteiger partial charge in [0, 0.05) is 19.6 Å². The highest BCUT2D eigenvalue weighted by molar-refractivity contribution is 5.31. The van der Waals surface area contributed by atoms with Gasteiger partial charge in [-0.15, -0.1) is 0 Å². The summed E-state index contributed by atoms with van der Waals surface area (Å²) >= 11 is 0. The Balaban J connectivity index is 2.10. The van der Waals surface area contributed by atoms with Crippen molar-refractivity contribution in [3.63, 3.8) is 0 Å². The molecule has 1 nitrogen and oxygen atoms in total. The van der Waals surface area contributed by atoms with Gasteiger partial charge in [0.25, 0.3) is 0 Å². The molecule has 1 aliphatic heterocycles. The van der Waals surface area contributed by atoms with Crippen LogP contribution >= 0.6 is 0 Å². The van der Waals surface area contributed by atoms with E-state index in [1.165, 1.54) is 6.07 Å². The monoisotopic (exact) mass is 267 g/mol. The Morgan fingerprint density at radius 2 is 1.89 bits per heavy atom. The molecule has 0 radical (unpaired) electrons. The molecule has 1 aromatic rings. The summed E-state index contributed by atoms with van der Waals surface area (Å²) in [6, 6.07) is 5.27. The number of alkyl halides is 1. The molecule has 0 N–H and O–H groups in total. The molecule has 0 amide bonds. The first-order valence-electron chi connectivity index (χ1n) is 7.07. The molecule has 0 bridgehead atoms. The van der Waals surface area contributed by atoms with Gasteiger partial charge in [-0.3, -0.25) is 4.90 Å². The highest BCUT2D eigenvalue weighted by atomic mass is 19.1. The lowest BCUT2D eigenvalue weighted by Gasteiger charge is -2.34. The lowest BCUT2D eigenvalue weighted by molar-refractivity contribution is 0.0702. The van der Waals surface area contributed by atoms with Crippen LogP contribution in [0.1, 0.15) is 50.7 Å². The molecule has 1 aromatic carbocycles. The number of halogens is 2. The fourth-order valence-corrected chi connectivity index (χ4v) is 2.78. The van der Waals surface area contributed by atoms with Crippen molar-refractivity contribution in [3.05, 3.63) is 35.1 Å². The van der Waals surface area contributed by atoms with Crippen molar-refractivity contribution in [1.82, 2.24) is 4.90 Å². The topological polar surface area (TPSA) is 3.24 Å². The van der Waals surface area contributed by atoms with Crippen LogP contribution in [0.25, 0.3) is 0 Å². The molecule has 3 heteroatoms. The van der Waals surface area contributed by atoms with E-state index in [9.17, 15) is 8.78 Å². The molecule has 1 heterocycles. The van der Waals surface area contributed by atoms with E-state index < -0.39 is 5.67 Å². The summed E-state index contributed by atoms with van der Waals surface area (Å²) in [6.45, 7) is 7.92. The average Bonchev–Trinajstić information content (AvgIpc) is 2.31. The third-order valence-electron chi connectivity index (χ3n) is 4.01. The van der Waals surface area contributed by atoms with Crippen LogP contribution in [0.5, 0.6) is 0 Å². The Morgan fingerprint density at radius 1 is 1.26 bits per heavy atom. The Hall–Kier alpha value is -0.960. The molecule has 0 atom stereocenters. The van der Waals surface area contributed by atoms with Crippen molar-refractivity contribution in [2.45, 2.75) is 51.7 Å². The van der Waals surface area contributed by atoms with Crippen LogP contribution in [0.4, 0.5) is 8.78 Å². The quantitative estimate of drug-likeness (QED) is 0.790. The largest absolute Gasteiger partial charge is 0.299 e. The summed E-state index contributed by atoms with van der Waals surface area (Å²) in [4.78, 5) is 2.22. The number of likely N-dealkylation sites (tertiary alicyclic amines) is 1. The van der Waals surface area contributed by atoms with E-state index in [4.69, 9.17) is 0 Å². The third-order valence-corrected chi connectivity index (χ3v) is 4.01. The summed E-state index contributed by atoms with van der Waals surface area (Å²) < 4.78 is 27.7. The summed E-state index contributed by atoms with van der Waals surface area (Å²) in [5.74, 6) is 0.0484. The van der Waals surface area contributed by atoms with Crippen LogP contribution in [0, 0.1) is 5.82 Å². The number of piperidine rings is 1. The minimum atomic E-state index is -1.03. The van der Waals surface area contributed by atoms with Crippen LogP contribution < -0.4 is 0 Å². The molecule has 2 rings (SSSR count). The van der Waals surface area contributed by atoms with Gasteiger partial charge in [0.15, 0.2) is 0 Å². The van der Waals surface area contributed by atoms with Gasteiger partial charge in [0.05, 0.1) is 0 Å². The molecule has 0 aliphatic carbocycles. The summed E-state index contributed by atoms with van der Waals surface area (Å²) in [5.41, 5.74) is 0.813. The van der Waals surface area contributed by atoms with Gasteiger partial charge in [-0.05, 0) is 42.9 Å². The van der Waals surface area contributed by atoms with Crippen LogP contribution in [0.3, 0.4) is 0 Å². The normalized spacial score (nSPS) is 19.9. The predicted molar refractivity (Wildman–Crippen MR) is 74.5 cm³/mol. The second-order valence-corrected chi connectivity index (χ2v) is 6.16. The molecule has 0 saturated carbocycles. The number of rotatable bonds is 3. The molecule has 0 unspecified atom stereocenters. The maximum absolute atomic E-state index is 13.9. The van der Waals surface area contributed by atoms with Gasteiger partial charge >= 0.3 is 0 Å². The lowest BCUT2D eigenvalue weighted by Crippen LogP contribution is -2.39. The van der Waals surface area contributed by atoms with Gasteiger partial charge < -0.3 is 0 Å². The maximum Gasteiger partial charge on any atom is 0.126 e. The first-order chi connectivity index (χ1) is 8.89. The standard InChI is InChI=1S/C16H23F2N/c1-12(2)15-13(5-4-6-14(15)17)11-19-9-7-16(3,18)8-10-19/h4-6,12H,7-11H2,1-3H3. The van der Waals surface area contributed by atoms with Crippen molar-refractivity contribution in [1.29, 1.82) is 0 Å². The first-order valence-corrected chi connectivity index (χ1v) is 7.07. The minimum absolute atomic E-state index is 0.125. The number of nitrogens with zero attached hydrogens (tertiary/aromatic N) is 1. The number of hydrogen-bond donors (Lipinski definition) is 0. The van der Waals surface area contributed by atoms with E-state index in [2.05, 4.69) is 4.90 Å². The van der Waals surface area contributed by atoms with Gasteiger partial charge in [0.2, 0.25) is 0 Å². The smallest absolute Gasteiger partial charge is 0.126 e. The van der Waals surface area contributed by atoms with Crippen molar-refractivity contribution in [2.75, 3.05) is 13.1 Å². The van der Waals surface area contributed by atoms with Crippen molar-refractivity contribution in [2.24, 2.45) is 0 Å². The number of hydrogen-bond acceptors (Lipinski definition) is 1. The molecule has 0 aromatic heterocycles. The van der Waals surface area contributed by atoms with E-state index in [0.29, 0.717) is 12.8 Å². The third kappa shape index (κ3) is 3.53. The zero-order chi connectivity index (χ0) is 14.0. The van der Waals surface area contributed by atoms with Crippen molar-refractivity contribution in [3.8, 4) is 0 Å². The van der Waals surface area contributed by atoms with E-state index in [1.807, 2.05) is 19.9 Å². The molecule has 1 saturated heterocycles. The second-order valence-electron chi connectivity index (χ2n) is 6.16. The van der Waals surface area contributed by atoms with Gasteiger partial charge in [0.1, 0.15) is 11.5 Å². The molecule has 0 spiro atoms. The molecule has 19 heavy (non-hydrogen) atoms. The van der Waals surface area contributed by atoms with Gasteiger partial charge in [-0.2, -0.15) is 0 Å². The van der Waals surface area contributed by atoms with Crippen LogP contribution in [-0.2, 0) is 6.54 Å². The van der Waals surface area contributed by atoms with Crippen LogP contribution in [0.15, 0.2) is 18.2 Å². The van der Waals surface area contributed by atoms with Crippen LogP contribution in [-0.4, -0.2) is 23.7 Å². The Morgan fingerprint density at radius 3 is 2.47 bits per heavy atom. The number of benzene rings is 1. The van der Waals surface area contributed by atoms with E-state index >= 15 is 0 Å². The van der Waals surface area contributed by atoms with E-state index in [-0.39, 0.29) is 11.7 Å². The summed E-state index contributed by atoms with van der Waals surface area (Å²) in [7, 11) is 0. The maximum atomic E-state index is 13.9. The zero-order valence-electron chi connectivity index (χ0n) is 12.0. The highest BCUT2D eigenvalue weighted by Gasteiger charge is 2.29. The van der Waals surface area contributed by atoms with Gasteiger partial charge in [-0.1, -0.05) is 26.0 Å². The average molecular weight is 267 g/mol. The first kappa shape index (κ1) is 14.4. The van der Waals surface area contributed by atoms with Gasteiger partial charge in [-0.25, -0.2) is 8.78 Å². The Kier molecular flexibility index (Phi) is 4.24. The van der Waals surface area contributed by atoms with Crippen molar-refractivity contribution >= 4 is 0 Å². The summed E-state index contributed by atoms with van der Waals surface area (Å²) in [5, 5.41) is 0. The Labute approximate surface area is 114 Å². The Bertz CT molecular complexity index is 430. The fraction of sp³-hybridized carbons (Fsp3) is 0.625. The highest BCUT2D eigenvalue weighted by Crippen LogP contribution is 2.28. The molecular weight excluding hydrogens is 244 g/mol.